The lowest BCUT2D eigenvalue weighted by Crippen LogP contribution is -2.40. The van der Waals surface area contributed by atoms with E-state index in [1.807, 2.05) is 4.90 Å². The van der Waals surface area contributed by atoms with Crippen LogP contribution in [0.15, 0.2) is 35.0 Å². The van der Waals surface area contributed by atoms with Gasteiger partial charge in [-0.05, 0) is 44.5 Å². The van der Waals surface area contributed by atoms with Crippen LogP contribution in [-0.4, -0.2) is 55.6 Å². The Hall–Kier alpha value is -3.49. The summed E-state index contributed by atoms with van der Waals surface area (Å²) in [5.41, 5.74) is 3.47. The zero-order valence-electron chi connectivity index (χ0n) is 17.3. The average molecular weight is 423 g/mol. The summed E-state index contributed by atoms with van der Waals surface area (Å²) in [4.78, 5) is 29.6. The van der Waals surface area contributed by atoms with Gasteiger partial charge in [0.05, 0.1) is 29.7 Å². The van der Waals surface area contributed by atoms with Crippen molar-refractivity contribution < 1.29 is 18.5 Å². The fourth-order valence-corrected chi connectivity index (χ4v) is 4.80. The fourth-order valence-electron chi connectivity index (χ4n) is 4.80. The second kappa shape index (κ2) is 7.33. The molecule has 0 unspecified atom stereocenters. The number of carbonyl (C=O) groups excluding carboxylic acids is 2. The van der Waals surface area contributed by atoms with Crippen molar-refractivity contribution in [3.63, 3.8) is 0 Å². The number of hydrogen-bond donors (Lipinski definition) is 1. The molecule has 2 atom stereocenters. The van der Waals surface area contributed by atoms with Gasteiger partial charge in [0.15, 0.2) is 0 Å². The van der Waals surface area contributed by atoms with Gasteiger partial charge in [-0.25, -0.2) is 4.39 Å². The number of fused-ring (bicyclic) bond motifs is 1. The number of nitrogens with one attached hydrogen (secondary N) is 1. The molecule has 9 heteroatoms. The summed E-state index contributed by atoms with van der Waals surface area (Å²) in [5.74, 6) is 0.0667. The van der Waals surface area contributed by atoms with E-state index >= 15 is 0 Å². The molecule has 0 radical (unpaired) electrons. The van der Waals surface area contributed by atoms with Crippen LogP contribution in [0.5, 0.6) is 0 Å². The van der Waals surface area contributed by atoms with Gasteiger partial charge in [-0.1, -0.05) is 5.16 Å². The van der Waals surface area contributed by atoms with Crippen LogP contribution in [0.2, 0.25) is 0 Å². The van der Waals surface area contributed by atoms with Gasteiger partial charge in [-0.3, -0.25) is 14.7 Å². The minimum absolute atomic E-state index is 0.0116. The van der Waals surface area contributed by atoms with E-state index < -0.39 is 0 Å². The molecular formula is C22H22FN5O3. The molecule has 2 fully saturated rings. The van der Waals surface area contributed by atoms with E-state index in [4.69, 9.17) is 4.52 Å². The predicted molar refractivity (Wildman–Crippen MR) is 108 cm³/mol. The first kappa shape index (κ1) is 19.5. The smallest absolute Gasteiger partial charge is 0.259 e. The standard InChI is InChI=1S/C22H22FN5O3/c1-12-20(13(2)31-26-12)22(30)27-8-7-17-18(27)9-19(29)28(17)11-15-10-24-25-21(15)14-3-5-16(23)6-4-14/h3-6,10,17-18H,7-9,11H2,1-2H3,(H,24,25)/t17-,18-/m0/s1. The highest BCUT2D eigenvalue weighted by molar-refractivity contribution is 5.97. The number of hydrogen-bond acceptors (Lipinski definition) is 5. The summed E-state index contributed by atoms with van der Waals surface area (Å²) in [6, 6.07) is 5.93. The molecule has 0 saturated carbocycles. The first-order valence-electron chi connectivity index (χ1n) is 10.3. The first-order chi connectivity index (χ1) is 14.9. The monoisotopic (exact) mass is 423 g/mol. The first-order valence-corrected chi connectivity index (χ1v) is 10.3. The molecule has 2 amide bonds. The Balaban J connectivity index is 1.37. The highest BCUT2D eigenvalue weighted by Gasteiger charge is 2.49. The largest absolute Gasteiger partial charge is 0.361 e. The number of likely N-dealkylation sites (tertiary alicyclic amines) is 2. The minimum atomic E-state index is -0.309. The maximum Gasteiger partial charge on any atom is 0.259 e. The van der Waals surface area contributed by atoms with Crippen LogP contribution >= 0.6 is 0 Å². The summed E-state index contributed by atoms with van der Waals surface area (Å²) in [6.07, 6.45) is 2.71. The van der Waals surface area contributed by atoms with Gasteiger partial charge >= 0.3 is 0 Å². The van der Waals surface area contributed by atoms with Crippen molar-refractivity contribution in [3.8, 4) is 11.3 Å². The molecule has 0 bridgehead atoms. The molecular weight excluding hydrogens is 401 g/mol. The average Bonchev–Trinajstić information content (AvgIpc) is 3.50. The summed E-state index contributed by atoms with van der Waals surface area (Å²) in [5, 5.41) is 11.0. The Morgan fingerprint density at radius 1 is 1.26 bits per heavy atom. The normalized spacial score (nSPS) is 20.5. The van der Waals surface area contributed by atoms with Crippen molar-refractivity contribution in [2.24, 2.45) is 0 Å². The number of nitrogens with zero attached hydrogens (tertiary/aromatic N) is 4. The van der Waals surface area contributed by atoms with Crippen molar-refractivity contribution in [1.82, 2.24) is 25.2 Å². The highest BCUT2D eigenvalue weighted by atomic mass is 19.1. The summed E-state index contributed by atoms with van der Waals surface area (Å²) >= 11 is 0. The number of benzene rings is 1. The topological polar surface area (TPSA) is 95.3 Å². The minimum Gasteiger partial charge on any atom is -0.361 e. The van der Waals surface area contributed by atoms with Crippen LogP contribution in [0.3, 0.4) is 0 Å². The van der Waals surface area contributed by atoms with Crippen LogP contribution in [0.25, 0.3) is 11.3 Å². The highest BCUT2D eigenvalue weighted by Crippen LogP contribution is 2.36. The molecule has 1 aromatic carbocycles. The summed E-state index contributed by atoms with van der Waals surface area (Å²) < 4.78 is 18.4. The van der Waals surface area contributed by atoms with Gasteiger partial charge < -0.3 is 14.3 Å². The van der Waals surface area contributed by atoms with Crippen LogP contribution in [0.4, 0.5) is 4.39 Å². The number of H-pyrrole nitrogens is 1. The third kappa shape index (κ3) is 3.20. The number of carbonyl (C=O) groups is 2. The maximum absolute atomic E-state index is 13.3. The van der Waals surface area contributed by atoms with Crippen molar-refractivity contribution in [2.45, 2.75) is 45.3 Å². The van der Waals surface area contributed by atoms with E-state index in [9.17, 15) is 14.0 Å². The molecule has 2 aromatic heterocycles. The van der Waals surface area contributed by atoms with Gasteiger partial charge in [0.25, 0.3) is 5.91 Å². The van der Waals surface area contributed by atoms with Crippen molar-refractivity contribution in [3.05, 3.63) is 58.9 Å². The van der Waals surface area contributed by atoms with E-state index in [1.165, 1.54) is 12.1 Å². The molecule has 3 aromatic rings. The zero-order chi connectivity index (χ0) is 21.7. The number of aryl methyl sites for hydroxylation is 2. The second-order valence-electron chi connectivity index (χ2n) is 8.12. The van der Waals surface area contributed by atoms with E-state index in [0.29, 0.717) is 36.5 Å². The van der Waals surface area contributed by atoms with Crippen LogP contribution in [-0.2, 0) is 11.3 Å². The Morgan fingerprint density at radius 2 is 2.03 bits per heavy atom. The SMILES string of the molecule is Cc1noc(C)c1C(=O)N1CC[C@H]2[C@@H]1CC(=O)N2Cc1cn[nH]c1-c1ccc(F)cc1. The molecule has 5 rings (SSSR count). The lowest BCUT2D eigenvalue weighted by atomic mass is 10.1. The maximum atomic E-state index is 13.3. The molecule has 160 valence electrons. The molecule has 4 heterocycles. The third-order valence-electron chi connectivity index (χ3n) is 6.31. The van der Waals surface area contributed by atoms with E-state index in [2.05, 4.69) is 15.4 Å². The molecule has 8 nitrogen and oxygen atoms in total. The van der Waals surface area contributed by atoms with Gasteiger partial charge in [0.1, 0.15) is 17.1 Å². The fraction of sp³-hybridized carbons (Fsp3) is 0.364. The van der Waals surface area contributed by atoms with Crippen LogP contribution in [0.1, 0.15) is 40.2 Å². The van der Waals surface area contributed by atoms with Crippen molar-refractivity contribution >= 4 is 11.8 Å². The quantitative estimate of drug-likeness (QED) is 0.696. The molecule has 2 aliphatic heterocycles. The van der Waals surface area contributed by atoms with Gasteiger partial charge in [-0.2, -0.15) is 5.10 Å². The summed E-state index contributed by atoms with van der Waals surface area (Å²) in [7, 11) is 0. The summed E-state index contributed by atoms with van der Waals surface area (Å²) in [6.45, 7) is 4.44. The number of rotatable bonds is 4. The van der Waals surface area contributed by atoms with E-state index in [-0.39, 0.29) is 29.7 Å². The third-order valence-corrected chi connectivity index (χ3v) is 6.31. The molecule has 0 aliphatic carbocycles. The van der Waals surface area contributed by atoms with Crippen molar-refractivity contribution in [1.29, 1.82) is 0 Å². The molecule has 1 N–H and O–H groups in total. The van der Waals surface area contributed by atoms with Gasteiger partial charge in [0, 0.05) is 30.6 Å². The van der Waals surface area contributed by atoms with Crippen LogP contribution < -0.4 is 0 Å². The Morgan fingerprint density at radius 3 is 2.74 bits per heavy atom. The molecule has 2 saturated heterocycles. The predicted octanol–water partition coefficient (Wildman–Crippen LogP) is 2.84. The van der Waals surface area contributed by atoms with Gasteiger partial charge in [-0.15, -0.1) is 0 Å². The number of amides is 2. The Kier molecular flexibility index (Phi) is 4.60. The van der Waals surface area contributed by atoms with Gasteiger partial charge in [0.2, 0.25) is 5.91 Å². The lowest BCUT2D eigenvalue weighted by Gasteiger charge is -2.25. The van der Waals surface area contributed by atoms with Crippen LogP contribution in [0, 0.1) is 19.7 Å². The van der Waals surface area contributed by atoms with E-state index in [1.54, 1.807) is 37.1 Å². The Bertz CT molecular complexity index is 1130. The van der Waals surface area contributed by atoms with Crippen molar-refractivity contribution in [2.75, 3.05) is 6.54 Å². The number of aromatic nitrogens is 3. The lowest BCUT2D eigenvalue weighted by molar-refractivity contribution is -0.129. The van der Waals surface area contributed by atoms with E-state index in [0.717, 1.165) is 23.2 Å². The zero-order valence-corrected chi connectivity index (χ0v) is 17.3. The number of halogens is 1. The molecule has 2 aliphatic rings. The molecule has 31 heavy (non-hydrogen) atoms. The number of aromatic amines is 1. The second-order valence-corrected chi connectivity index (χ2v) is 8.12. The Labute approximate surface area is 178 Å². The molecule has 0 spiro atoms.